The lowest BCUT2D eigenvalue weighted by Gasteiger charge is -2.33. The zero-order valence-corrected chi connectivity index (χ0v) is 11.0. The van der Waals surface area contributed by atoms with Gasteiger partial charge in [0.2, 0.25) is 0 Å². The molecule has 0 amide bonds. The number of carboxylic acid groups (broad SMARTS) is 1. The number of hydrogen-bond donors (Lipinski definition) is 1. The summed E-state index contributed by atoms with van der Waals surface area (Å²) in [7, 11) is 0. The van der Waals surface area contributed by atoms with Crippen LogP contribution < -0.4 is 0 Å². The first-order chi connectivity index (χ1) is 7.89. The number of Topliss-reactive ketones (excluding diaryl/α,β-unsaturated/α-hetero) is 1. The maximum atomic E-state index is 11.4. The van der Waals surface area contributed by atoms with Gasteiger partial charge in [-0.2, -0.15) is 0 Å². The van der Waals surface area contributed by atoms with Crippen molar-refractivity contribution < 1.29 is 24.2 Å². The molecule has 1 atom stereocenters. The molecule has 0 aliphatic carbocycles. The van der Waals surface area contributed by atoms with E-state index >= 15 is 0 Å². The number of carbonyl (C=O) groups is 2. The van der Waals surface area contributed by atoms with Crippen molar-refractivity contribution in [2.45, 2.75) is 46.3 Å². The fraction of sp³-hybridized carbons (Fsp3) is 0.833. The maximum Gasteiger partial charge on any atom is 0.319 e. The van der Waals surface area contributed by atoms with Crippen molar-refractivity contribution in [1.82, 2.24) is 0 Å². The van der Waals surface area contributed by atoms with Gasteiger partial charge < -0.3 is 14.6 Å². The summed E-state index contributed by atoms with van der Waals surface area (Å²) in [5.74, 6) is -4.36. The molecule has 17 heavy (non-hydrogen) atoms. The number of hydrogen-bond acceptors (Lipinski definition) is 4. The van der Waals surface area contributed by atoms with Gasteiger partial charge >= 0.3 is 5.97 Å². The van der Waals surface area contributed by atoms with E-state index in [-0.39, 0.29) is 0 Å². The topological polar surface area (TPSA) is 72.8 Å². The molecule has 0 radical (unpaired) electrons. The lowest BCUT2D eigenvalue weighted by Crippen LogP contribution is -2.48. The van der Waals surface area contributed by atoms with Crippen LogP contribution in [-0.4, -0.2) is 35.9 Å². The molecule has 0 spiro atoms. The molecule has 0 rings (SSSR count). The van der Waals surface area contributed by atoms with E-state index < -0.39 is 23.5 Å². The molecule has 0 aliphatic heterocycles. The molecule has 0 saturated heterocycles. The van der Waals surface area contributed by atoms with Crippen LogP contribution in [0.3, 0.4) is 0 Å². The summed E-state index contributed by atoms with van der Waals surface area (Å²) in [5, 5.41) is 9.10. The van der Waals surface area contributed by atoms with Crippen LogP contribution in [0.4, 0.5) is 0 Å². The van der Waals surface area contributed by atoms with Crippen LogP contribution in [0.2, 0.25) is 0 Å². The molecule has 0 bridgehead atoms. The molecule has 0 aromatic carbocycles. The number of aliphatic carboxylic acids is 1. The van der Waals surface area contributed by atoms with Gasteiger partial charge in [0.15, 0.2) is 11.7 Å². The van der Waals surface area contributed by atoms with Crippen LogP contribution >= 0.6 is 0 Å². The van der Waals surface area contributed by atoms with Crippen LogP contribution in [0, 0.1) is 5.92 Å². The predicted octanol–water partition coefficient (Wildman–Crippen LogP) is 1.85. The summed E-state index contributed by atoms with van der Waals surface area (Å²) in [4.78, 5) is 22.6. The second kappa shape index (κ2) is 7.40. The number of carboxylic acids is 1. The Labute approximate surface area is 102 Å². The summed E-state index contributed by atoms with van der Waals surface area (Å²) < 4.78 is 10.9. The van der Waals surface area contributed by atoms with E-state index in [9.17, 15) is 9.59 Å². The van der Waals surface area contributed by atoms with E-state index in [0.717, 1.165) is 12.8 Å². The van der Waals surface area contributed by atoms with Gasteiger partial charge in [0.05, 0.1) is 0 Å². The normalized spacial score (nSPS) is 13.4. The highest BCUT2D eigenvalue weighted by Gasteiger charge is 2.44. The third kappa shape index (κ3) is 4.83. The molecule has 0 aromatic rings. The van der Waals surface area contributed by atoms with Crippen LogP contribution in [0.5, 0.6) is 0 Å². The molecular weight excluding hydrogens is 224 g/mol. The van der Waals surface area contributed by atoms with Crippen molar-refractivity contribution in [1.29, 1.82) is 0 Å². The molecular formula is C12H22O5. The van der Waals surface area contributed by atoms with E-state index in [4.69, 9.17) is 14.6 Å². The van der Waals surface area contributed by atoms with Crippen LogP contribution in [0.25, 0.3) is 0 Å². The minimum absolute atomic E-state index is 0.358. The van der Waals surface area contributed by atoms with Gasteiger partial charge in [-0.25, -0.2) is 0 Å². The Morgan fingerprint density at radius 2 is 1.59 bits per heavy atom. The predicted molar refractivity (Wildman–Crippen MR) is 62.7 cm³/mol. The number of ketones is 1. The largest absolute Gasteiger partial charge is 0.481 e. The molecule has 0 saturated carbocycles. The van der Waals surface area contributed by atoms with Crippen molar-refractivity contribution >= 4 is 11.8 Å². The fourth-order valence-corrected chi connectivity index (χ4v) is 1.59. The lowest BCUT2D eigenvalue weighted by molar-refractivity contribution is -0.251. The molecule has 5 heteroatoms. The monoisotopic (exact) mass is 246 g/mol. The molecule has 5 nitrogen and oxygen atoms in total. The number of carbonyl (C=O) groups excluding carboxylic acids is 1. The smallest absolute Gasteiger partial charge is 0.319 e. The highest BCUT2D eigenvalue weighted by Crippen LogP contribution is 2.25. The first-order valence-corrected chi connectivity index (χ1v) is 5.90. The van der Waals surface area contributed by atoms with Gasteiger partial charge in [-0.15, -0.1) is 0 Å². The molecule has 1 N–H and O–H groups in total. The number of rotatable bonds is 9. The molecule has 0 fully saturated rings. The van der Waals surface area contributed by atoms with Crippen LogP contribution in [0.1, 0.15) is 40.5 Å². The Morgan fingerprint density at radius 3 is 1.82 bits per heavy atom. The van der Waals surface area contributed by atoms with E-state index in [1.54, 1.807) is 0 Å². The second-order valence-corrected chi connectivity index (χ2v) is 4.09. The third-order valence-corrected chi connectivity index (χ3v) is 2.36. The Kier molecular flexibility index (Phi) is 6.99. The van der Waals surface area contributed by atoms with Crippen molar-refractivity contribution in [2.24, 2.45) is 5.92 Å². The zero-order chi connectivity index (χ0) is 13.5. The van der Waals surface area contributed by atoms with Crippen LogP contribution in [0.15, 0.2) is 0 Å². The second-order valence-electron chi connectivity index (χ2n) is 4.09. The third-order valence-electron chi connectivity index (χ3n) is 2.36. The molecule has 100 valence electrons. The Hall–Kier alpha value is -0.940. The van der Waals surface area contributed by atoms with Crippen LogP contribution in [-0.2, 0) is 19.1 Å². The summed E-state index contributed by atoms with van der Waals surface area (Å²) in [6, 6.07) is 0. The maximum absolute atomic E-state index is 11.4. The molecule has 1 unspecified atom stereocenters. The molecule has 0 aliphatic rings. The Morgan fingerprint density at radius 1 is 1.18 bits per heavy atom. The standard InChI is InChI=1S/C12H22O5/c1-5-7-16-12(4,17-8-6-2)10(9(3)13)11(14)15/h10H,5-8H2,1-4H3,(H,14,15). The van der Waals surface area contributed by atoms with E-state index in [1.165, 1.54) is 13.8 Å². The summed E-state index contributed by atoms with van der Waals surface area (Å²) in [6.07, 6.45) is 1.46. The van der Waals surface area contributed by atoms with E-state index in [1.807, 2.05) is 13.8 Å². The minimum Gasteiger partial charge on any atom is -0.481 e. The number of ether oxygens (including phenoxy) is 2. The molecule has 0 heterocycles. The Balaban J connectivity index is 4.95. The molecule has 0 aromatic heterocycles. The van der Waals surface area contributed by atoms with Gasteiger partial charge in [0.1, 0.15) is 5.78 Å². The van der Waals surface area contributed by atoms with Gasteiger partial charge in [-0.05, 0) is 26.7 Å². The SMILES string of the molecule is CCCOC(C)(OCCC)C(C(C)=O)C(=O)O. The summed E-state index contributed by atoms with van der Waals surface area (Å²) in [6.45, 7) is 7.28. The first kappa shape index (κ1) is 16.1. The van der Waals surface area contributed by atoms with Crippen molar-refractivity contribution in [3.8, 4) is 0 Å². The first-order valence-electron chi connectivity index (χ1n) is 5.90. The lowest BCUT2D eigenvalue weighted by atomic mass is 9.95. The summed E-state index contributed by atoms with van der Waals surface area (Å²) >= 11 is 0. The average molecular weight is 246 g/mol. The van der Waals surface area contributed by atoms with Gasteiger partial charge in [0.25, 0.3) is 0 Å². The fourth-order valence-electron chi connectivity index (χ4n) is 1.59. The minimum atomic E-state index is -1.39. The van der Waals surface area contributed by atoms with Crippen molar-refractivity contribution in [3.05, 3.63) is 0 Å². The quantitative estimate of drug-likeness (QED) is 0.496. The summed E-state index contributed by atoms with van der Waals surface area (Å²) in [5.41, 5.74) is 0. The average Bonchev–Trinajstić information content (AvgIpc) is 2.22. The van der Waals surface area contributed by atoms with Gasteiger partial charge in [0, 0.05) is 13.2 Å². The zero-order valence-electron chi connectivity index (χ0n) is 11.0. The van der Waals surface area contributed by atoms with Crippen molar-refractivity contribution in [3.63, 3.8) is 0 Å². The van der Waals surface area contributed by atoms with Gasteiger partial charge in [-0.3, -0.25) is 9.59 Å². The highest BCUT2D eigenvalue weighted by molar-refractivity contribution is 5.98. The van der Waals surface area contributed by atoms with E-state index in [0.29, 0.717) is 13.2 Å². The van der Waals surface area contributed by atoms with E-state index in [2.05, 4.69) is 0 Å². The van der Waals surface area contributed by atoms with Gasteiger partial charge in [-0.1, -0.05) is 13.8 Å². The Bertz CT molecular complexity index is 240. The highest BCUT2D eigenvalue weighted by atomic mass is 16.7. The van der Waals surface area contributed by atoms with Crippen molar-refractivity contribution in [2.75, 3.05) is 13.2 Å².